The van der Waals surface area contributed by atoms with Gasteiger partial charge in [-0.25, -0.2) is 0 Å². The van der Waals surface area contributed by atoms with E-state index in [1.807, 2.05) is 0 Å². The molecule has 1 fully saturated rings. The molecule has 0 saturated carbocycles. The molecule has 1 heterocycles. The fourth-order valence-electron chi connectivity index (χ4n) is 0.565. The average molecular weight is 108 g/mol. The molecule has 0 radical (unpaired) electrons. The van der Waals surface area contributed by atoms with Gasteiger partial charge in [-0.3, -0.25) is 4.79 Å². The summed E-state index contributed by atoms with van der Waals surface area (Å²) in [5.74, 6) is 0.204. The largest absolute Gasteiger partial charge is 1.00 e. The Labute approximate surface area is 65.0 Å². The molecule has 34 valence electrons. The van der Waals surface area contributed by atoms with Gasteiger partial charge in [0.2, 0.25) is 5.91 Å². The van der Waals surface area contributed by atoms with E-state index in [0.717, 1.165) is 19.4 Å². The first-order valence-corrected chi connectivity index (χ1v) is 2.16. The van der Waals surface area contributed by atoms with Crippen molar-refractivity contribution in [2.75, 3.05) is 6.54 Å². The van der Waals surface area contributed by atoms with Gasteiger partial charge in [0.15, 0.2) is 0 Å². The van der Waals surface area contributed by atoms with Crippen molar-refractivity contribution in [3.63, 3.8) is 0 Å². The van der Waals surface area contributed by atoms with Gasteiger partial charge in [0.05, 0.1) is 0 Å². The summed E-state index contributed by atoms with van der Waals surface area (Å²) in [4.78, 5) is 10.1. The number of nitrogens with one attached hydrogen (secondary N) is 1. The van der Waals surface area contributed by atoms with Crippen LogP contribution in [0.15, 0.2) is 0 Å². The fraction of sp³-hybridized carbons (Fsp3) is 0.750. The van der Waals surface area contributed by atoms with Crippen LogP contribution in [0.5, 0.6) is 0 Å². The summed E-state index contributed by atoms with van der Waals surface area (Å²) in [5.41, 5.74) is 0. The van der Waals surface area contributed by atoms with E-state index in [-0.39, 0.29) is 35.5 Å². The second-order valence-corrected chi connectivity index (χ2v) is 1.45. The second-order valence-electron chi connectivity index (χ2n) is 1.45. The van der Waals surface area contributed by atoms with E-state index >= 15 is 0 Å². The number of hydrogen-bond acceptors (Lipinski definition) is 1. The molecule has 0 bridgehead atoms. The Bertz CT molecular complexity index is 66.1. The number of carbonyl (C=O) groups excluding carboxylic acids is 1. The van der Waals surface area contributed by atoms with Gasteiger partial charge >= 0.3 is 29.6 Å². The number of hydrogen-bond donors (Lipinski definition) is 1. The van der Waals surface area contributed by atoms with Crippen LogP contribution in [0.4, 0.5) is 0 Å². The fourth-order valence-corrected chi connectivity index (χ4v) is 0.565. The van der Waals surface area contributed by atoms with Crippen LogP contribution in [-0.4, -0.2) is 12.5 Å². The van der Waals surface area contributed by atoms with Gasteiger partial charge in [-0.2, -0.15) is 0 Å². The Morgan fingerprint density at radius 1 is 1.57 bits per heavy atom. The van der Waals surface area contributed by atoms with Crippen molar-refractivity contribution in [2.24, 2.45) is 0 Å². The zero-order chi connectivity index (χ0) is 4.41. The molecule has 1 saturated heterocycles. The van der Waals surface area contributed by atoms with Gasteiger partial charge in [-0.1, -0.05) is 0 Å². The molecular weight excluding hydrogens is 101 g/mol. The first-order valence-electron chi connectivity index (χ1n) is 2.16. The van der Waals surface area contributed by atoms with Crippen LogP contribution < -0.4 is 34.9 Å². The normalized spacial score (nSPS) is 18.0. The molecule has 3 heteroatoms. The monoisotopic (exact) mass is 108 g/mol. The molecule has 0 spiro atoms. The standard InChI is InChI=1S/C4H7NO.Na/c6-4-2-1-3-5-4;/h1-3H2,(H,5,6);/q;+1. The smallest absolute Gasteiger partial charge is 0.356 e. The maximum atomic E-state index is 10.1. The topological polar surface area (TPSA) is 29.1 Å². The zero-order valence-electron chi connectivity index (χ0n) is 4.53. The molecule has 0 aromatic heterocycles. The van der Waals surface area contributed by atoms with E-state index in [2.05, 4.69) is 5.32 Å². The molecule has 0 aliphatic carbocycles. The Morgan fingerprint density at radius 2 is 2.29 bits per heavy atom. The van der Waals surface area contributed by atoms with E-state index in [9.17, 15) is 4.79 Å². The van der Waals surface area contributed by atoms with E-state index < -0.39 is 0 Å². The minimum Gasteiger partial charge on any atom is -0.356 e. The summed E-state index contributed by atoms with van der Waals surface area (Å²) in [7, 11) is 0. The van der Waals surface area contributed by atoms with Crippen molar-refractivity contribution >= 4 is 5.91 Å². The molecular formula is C4H7NNaO+. The quantitative estimate of drug-likeness (QED) is 0.327. The number of rotatable bonds is 0. The SMILES string of the molecule is O=C1CCCN1.[Na+]. The molecule has 1 aliphatic heterocycles. The molecule has 0 aromatic rings. The third-order valence-electron chi connectivity index (χ3n) is 0.903. The van der Waals surface area contributed by atoms with Crippen LogP contribution in [0, 0.1) is 0 Å². The molecule has 1 rings (SSSR count). The summed E-state index contributed by atoms with van der Waals surface area (Å²) in [5, 5.41) is 2.68. The van der Waals surface area contributed by atoms with Crippen LogP contribution in [0.3, 0.4) is 0 Å². The van der Waals surface area contributed by atoms with Crippen molar-refractivity contribution in [1.29, 1.82) is 0 Å². The third-order valence-corrected chi connectivity index (χ3v) is 0.903. The van der Waals surface area contributed by atoms with E-state index in [1.165, 1.54) is 0 Å². The number of carbonyl (C=O) groups is 1. The van der Waals surface area contributed by atoms with E-state index in [4.69, 9.17) is 0 Å². The van der Waals surface area contributed by atoms with Crippen LogP contribution in [0.1, 0.15) is 12.8 Å². The predicted molar refractivity (Wildman–Crippen MR) is 22.2 cm³/mol. The molecule has 2 nitrogen and oxygen atoms in total. The summed E-state index contributed by atoms with van der Waals surface area (Å²) < 4.78 is 0. The van der Waals surface area contributed by atoms with E-state index in [0.29, 0.717) is 0 Å². The molecule has 0 atom stereocenters. The minimum absolute atomic E-state index is 0. The van der Waals surface area contributed by atoms with Gasteiger partial charge in [-0.05, 0) is 6.42 Å². The average Bonchev–Trinajstić information content (AvgIpc) is 1.86. The first-order chi connectivity index (χ1) is 2.89. The zero-order valence-corrected chi connectivity index (χ0v) is 6.53. The first kappa shape index (κ1) is 7.47. The van der Waals surface area contributed by atoms with Crippen molar-refractivity contribution in [3.05, 3.63) is 0 Å². The molecule has 0 unspecified atom stereocenters. The van der Waals surface area contributed by atoms with Crippen molar-refractivity contribution in [3.8, 4) is 0 Å². The van der Waals surface area contributed by atoms with Crippen LogP contribution >= 0.6 is 0 Å². The Balaban J connectivity index is 0.000000360. The van der Waals surface area contributed by atoms with Gasteiger partial charge < -0.3 is 5.32 Å². The Kier molecular flexibility index (Phi) is 3.70. The Morgan fingerprint density at radius 3 is 2.43 bits per heavy atom. The van der Waals surface area contributed by atoms with Crippen LogP contribution in [0.25, 0.3) is 0 Å². The molecule has 1 amide bonds. The molecule has 7 heavy (non-hydrogen) atoms. The summed E-state index contributed by atoms with van der Waals surface area (Å²) in [6.07, 6.45) is 1.76. The number of amides is 1. The minimum atomic E-state index is 0. The maximum absolute atomic E-state index is 10.1. The maximum Gasteiger partial charge on any atom is 1.00 e. The van der Waals surface area contributed by atoms with Crippen LogP contribution in [0.2, 0.25) is 0 Å². The third kappa shape index (κ3) is 2.32. The van der Waals surface area contributed by atoms with Crippen molar-refractivity contribution < 1.29 is 34.4 Å². The van der Waals surface area contributed by atoms with Crippen molar-refractivity contribution in [1.82, 2.24) is 5.32 Å². The molecule has 0 aromatic carbocycles. The summed E-state index contributed by atoms with van der Waals surface area (Å²) in [6.45, 7) is 0.888. The predicted octanol–water partition coefficient (Wildman–Crippen LogP) is -3.10. The summed E-state index contributed by atoms with van der Waals surface area (Å²) >= 11 is 0. The van der Waals surface area contributed by atoms with E-state index in [1.54, 1.807) is 0 Å². The molecule has 1 N–H and O–H groups in total. The summed E-state index contributed by atoms with van der Waals surface area (Å²) in [6, 6.07) is 0. The van der Waals surface area contributed by atoms with Gasteiger partial charge in [0, 0.05) is 13.0 Å². The Hall–Kier alpha value is 0.470. The van der Waals surface area contributed by atoms with Crippen molar-refractivity contribution in [2.45, 2.75) is 12.8 Å². The van der Waals surface area contributed by atoms with Gasteiger partial charge in [-0.15, -0.1) is 0 Å². The van der Waals surface area contributed by atoms with Gasteiger partial charge in [0.25, 0.3) is 0 Å². The molecule has 1 aliphatic rings. The van der Waals surface area contributed by atoms with Crippen LogP contribution in [-0.2, 0) is 4.79 Å². The second kappa shape index (κ2) is 3.47. The van der Waals surface area contributed by atoms with Gasteiger partial charge in [0.1, 0.15) is 0 Å².